The second kappa shape index (κ2) is 9.15. The Morgan fingerprint density at radius 3 is 2.19 bits per heavy atom. The average molecular weight is 354 g/mol. The molecule has 0 aliphatic carbocycles. The lowest BCUT2D eigenvalue weighted by Gasteiger charge is -2.25. The van der Waals surface area contributed by atoms with Crippen molar-refractivity contribution in [2.75, 3.05) is 13.6 Å². The maximum absolute atomic E-state index is 12.7. The van der Waals surface area contributed by atoms with Crippen molar-refractivity contribution in [1.29, 1.82) is 0 Å². The van der Waals surface area contributed by atoms with Crippen LogP contribution in [0.15, 0.2) is 54.6 Å². The minimum Gasteiger partial charge on any atom is -0.480 e. The molecule has 0 aromatic heterocycles. The molecular weight excluding hydrogens is 328 g/mol. The van der Waals surface area contributed by atoms with Gasteiger partial charge in [0.05, 0.1) is 0 Å². The number of nitrogens with zero attached hydrogens (tertiary/aromatic N) is 2. The van der Waals surface area contributed by atoms with Gasteiger partial charge in [-0.3, -0.25) is 14.5 Å². The summed E-state index contributed by atoms with van der Waals surface area (Å²) in [5, 5.41) is 9.04. The number of hydrogen-bond acceptors (Lipinski definition) is 3. The maximum atomic E-state index is 12.7. The largest absolute Gasteiger partial charge is 0.480 e. The fourth-order valence-electron chi connectivity index (χ4n) is 2.87. The summed E-state index contributed by atoms with van der Waals surface area (Å²) in [6.07, 6.45) is 0. The number of benzene rings is 2. The predicted octanol–water partition coefficient (Wildman–Crippen LogP) is 3.25. The fraction of sp³-hybridized carbons (Fsp3) is 0.333. The highest BCUT2D eigenvalue weighted by molar-refractivity contribution is 5.96. The van der Waals surface area contributed by atoms with Gasteiger partial charge in [0.2, 0.25) is 0 Å². The zero-order valence-corrected chi connectivity index (χ0v) is 15.6. The summed E-state index contributed by atoms with van der Waals surface area (Å²) in [6, 6.07) is 17.4. The molecule has 2 aromatic rings. The third-order valence-corrected chi connectivity index (χ3v) is 4.11. The molecule has 1 amide bonds. The van der Waals surface area contributed by atoms with Crippen molar-refractivity contribution in [3.05, 3.63) is 71.3 Å². The van der Waals surface area contributed by atoms with E-state index in [4.69, 9.17) is 5.11 Å². The summed E-state index contributed by atoms with van der Waals surface area (Å²) in [6.45, 7) is 4.86. The highest BCUT2D eigenvalue weighted by Crippen LogP contribution is 2.13. The van der Waals surface area contributed by atoms with Gasteiger partial charge in [-0.15, -0.1) is 0 Å². The Hall–Kier alpha value is -2.66. The molecule has 0 atom stereocenters. The number of rotatable bonds is 8. The normalized spacial score (nSPS) is 11.0. The second-order valence-corrected chi connectivity index (χ2v) is 6.78. The van der Waals surface area contributed by atoms with E-state index in [9.17, 15) is 9.59 Å². The molecule has 0 aliphatic heterocycles. The zero-order valence-electron chi connectivity index (χ0n) is 15.6. The predicted molar refractivity (Wildman–Crippen MR) is 102 cm³/mol. The van der Waals surface area contributed by atoms with Gasteiger partial charge in [0.15, 0.2) is 0 Å². The van der Waals surface area contributed by atoms with Gasteiger partial charge in [0.1, 0.15) is 6.54 Å². The molecule has 5 nitrogen and oxygen atoms in total. The van der Waals surface area contributed by atoms with Crippen molar-refractivity contribution in [2.45, 2.75) is 33.0 Å². The summed E-state index contributed by atoms with van der Waals surface area (Å²) >= 11 is 0. The van der Waals surface area contributed by atoms with Gasteiger partial charge >= 0.3 is 5.97 Å². The number of aliphatic carboxylic acids is 1. The van der Waals surface area contributed by atoms with E-state index in [1.54, 1.807) is 6.07 Å². The minimum atomic E-state index is -1.01. The van der Waals surface area contributed by atoms with Crippen LogP contribution in [0.5, 0.6) is 0 Å². The van der Waals surface area contributed by atoms with Gasteiger partial charge in [0, 0.05) is 24.7 Å². The number of carboxylic acids is 1. The van der Waals surface area contributed by atoms with Crippen LogP contribution in [0.4, 0.5) is 0 Å². The Morgan fingerprint density at radius 2 is 1.58 bits per heavy atom. The molecule has 26 heavy (non-hydrogen) atoms. The maximum Gasteiger partial charge on any atom is 0.323 e. The van der Waals surface area contributed by atoms with E-state index in [2.05, 4.69) is 17.0 Å². The highest BCUT2D eigenvalue weighted by atomic mass is 16.4. The first-order chi connectivity index (χ1) is 12.4. The SMILES string of the molecule is CC(C)N(CC(=O)O)C(=O)c1cccc(CN(C)Cc2ccccc2)c1. The lowest BCUT2D eigenvalue weighted by atomic mass is 10.1. The Balaban J connectivity index is 2.08. The van der Waals surface area contributed by atoms with E-state index in [1.165, 1.54) is 10.5 Å². The van der Waals surface area contributed by atoms with Gasteiger partial charge in [-0.05, 0) is 44.2 Å². The molecule has 0 heterocycles. The minimum absolute atomic E-state index is 0.178. The van der Waals surface area contributed by atoms with Crippen molar-refractivity contribution < 1.29 is 14.7 Å². The smallest absolute Gasteiger partial charge is 0.323 e. The molecule has 138 valence electrons. The van der Waals surface area contributed by atoms with E-state index in [1.807, 2.05) is 57.3 Å². The first-order valence-electron chi connectivity index (χ1n) is 8.71. The molecule has 0 aliphatic rings. The van der Waals surface area contributed by atoms with Crippen molar-refractivity contribution in [1.82, 2.24) is 9.80 Å². The first kappa shape index (κ1) is 19.7. The number of carbonyl (C=O) groups is 2. The van der Waals surface area contributed by atoms with Gasteiger partial charge in [-0.1, -0.05) is 42.5 Å². The molecule has 0 spiro atoms. The molecule has 2 rings (SSSR count). The zero-order chi connectivity index (χ0) is 19.1. The van der Waals surface area contributed by atoms with Gasteiger partial charge in [-0.2, -0.15) is 0 Å². The van der Waals surface area contributed by atoms with Crippen LogP contribution in [0.25, 0.3) is 0 Å². The van der Waals surface area contributed by atoms with Gasteiger partial charge in [0.25, 0.3) is 5.91 Å². The summed E-state index contributed by atoms with van der Waals surface area (Å²) in [5.74, 6) is -1.26. The summed E-state index contributed by atoms with van der Waals surface area (Å²) in [5.41, 5.74) is 2.77. The molecule has 5 heteroatoms. The van der Waals surface area contributed by atoms with Crippen molar-refractivity contribution in [2.24, 2.45) is 0 Å². The molecule has 0 bridgehead atoms. The lowest BCUT2D eigenvalue weighted by molar-refractivity contribution is -0.138. The van der Waals surface area contributed by atoms with Crippen LogP contribution >= 0.6 is 0 Å². The third-order valence-electron chi connectivity index (χ3n) is 4.11. The van der Waals surface area contributed by atoms with Crippen LogP contribution in [-0.2, 0) is 17.9 Å². The molecular formula is C21H26N2O3. The van der Waals surface area contributed by atoms with Crippen LogP contribution in [0, 0.1) is 0 Å². The van der Waals surface area contributed by atoms with E-state index >= 15 is 0 Å². The Labute approximate surface area is 154 Å². The Kier molecular flexibility index (Phi) is 6.92. The number of hydrogen-bond donors (Lipinski definition) is 1. The van der Waals surface area contributed by atoms with Crippen LogP contribution in [0.3, 0.4) is 0 Å². The summed E-state index contributed by atoms with van der Waals surface area (Å²) < 4.78 is 0. The first-order valence-corrected chi connectivity index (χ1v) is 8.71. The molecule has 0 fully saturated rings. The molecule has 0 radical (unpaired) electrons. The topological polar surface area (TPSA) is 60.9 Å². The fourth-order valence-corrected chi connectivity index (χ4v) is 2.87. The average Bonchev–Trinajstić information content (AvgIpc) is 2.59. The van der Waals surface area contributed by atoms with Gasteiger partial charge < -0.3 is 10.0 Å². The highest BCUT2D eigenvalue weighted by Gasteiger charge is 2.21. The molecule has 0 saturated carbocycles. The van der Waals surface area contributed by atoms with E-state index < -0.39 is 5.97 Å². The van der Waals surface area contributed by atoms with Crippen molar-refractivity contribution in [3.63, 3.8) is 0 Å². The van der Waals surface area contributed by atoms with Crippen LogP contribution in [0.1, 0.15) is 35.3 Å². The van der Waals surface area contributed by atoms with Crippen LogP contribution in [0.2, 0.25) is 0 Å². The molecule has 0 unspecified atom stereocenters. The van der Waals surface area contributed by atoms with Crippen LogP contribution in [-0.4, -0.2) is 46.4 Å². The second-order valence-electron chi connectivity index (χ2n) is 6.78. The van der Waals surface area contributed by atoms with E-state index in [-0.39, 0.29) is 18.5 Å². The van der Waals surface area contributed by atoms with E-state index in [0.29, 0.717) is 12.1 Å². The number of carbonyl (C=O) groups excluding carboxylic acids is 1. The van der Waals surface area contributed by atoms with Crippen molar-refractivity contribution >= 4 is 11.9 Å². The lowest BCUT2D eigenvalue weighted by Crippen LogP contribution is -2.40. The van der Waals surface area contributed by atoms with E-state index in [0.717, 1.165) is 12.1 Å². The monoisotopic (exact) mass is 354 g/mol. The molecule has 1 N–H and O–H groups in total. The van der Waals surface area contributed by atoms with Crippen molar-refractivity contribution in [3.8, 4) is 0 Å². The van der Waals surface area contributed by atoms with Gasteiger partial charge in [-0.25, -0.2) is 0 Å². The standard InChI is InChI=1S/C21H26N2O3/c1-16(2)23(15-20(24)25)21(26)19-11-7-10-18(12-19)14-22(3)13-17-8-5-4-6-9-17/h4-12,16H,13-15H2,1-3H3,(H,24,25). The molecule has 0 saturated heterocycles. The Morgan fingerprint density at radius 1 is 0.962 bits per heavy atom. The van der Waals surface area contributed by atoms with Crippen LogP contribution < -0.4 is 0 Å². The summed E-state index contributed by atoms with van der Waals surface area (Å²) in [4.78, 5) is 27.3. The molecule has 2 aromatic carbocycles. The third kappa shape index (κ3) is 5.70. The number of carboxylic acid groups (broad SMARTS) is 1. The Bertz CT molecular complexity index is 744. The summed E-state index contributed by atoms with van der Waals surface area (Å²) in [7, 11) is 2.03. The number of amides is 1. The quantitative estimate of drug-likeness (QED) is 0.790.